The lowest BCUT2D eigenvalue weighted by Crippen LogP contribution is -2.35. The zero-order chi connectivity index (χ0) is 30.7. The maximum Gasteiger partial charge on any atom is 0.279 e. The van der Waals surface area contributed by atoms with E-state index < -0.39 is 11.5 Å². The third kappa shape index (κ3) is 6.41. The highest BCUT2D eigenvalue weighted by Crippen LogP contribution is 2.41. The molecule has 4 aromatic rings. The molecule has 222 valence electrons. The lowest BCUT2D eigenvalue weighted by Gasteiger charge is -2.17. The van der Waals surface area contributed by atoms with Crippen molar-refractivity contribution in [1.29, 1.82) is 0 Å². The highest BCUT2D eigenvalue weighted by Gasteiger charge is 2.22. The number of hydrogen-bond acceptors (Lipinski definition) is 7. The summed E-state index contributed by atoms with van der Waals surface area (Å²) in [6.07, 6.45) is 2.75. The summed E-state index contributed by atoms with van der Waals surface area (Å²) in [6.45, 7) is 3.17. The number of nitrogens with zero attached hydrogens (tertiary/aromatic N) is 3. The Morgan fingerprint density at radius 1 is 1.09 bits per heavy atom. The normalized spacial score (nSPS) is 14.4. The van der Waals surface area contributed by atoms with Crippen LogP contribution in [0.25, 0.3) is 22.4 Å². The van der Waals surface area contributed by atoms with Crippen molar-refractivity contribution < 1.29 is 14.3 Å². The molecular weight excluding hydrogens is 591 g/mol. The van der Waals surface area contributed by atoms with Crippen LogP contribution >= 0.6 is 23.2 Å². The summed E-state index contributed by atoms with van der Waals surface area (Å²) in [7, 11) is 3.04. The highest BCUT2D eigenvalue weighted by atomic mass is 35.5. The van der Waals surface area contributed by atoms with E-state index in [4.69, 9.17) is 32.9 Å². The maximum absolute atomic E-state index is 12.9. The second-order valence-electron chi connectivity index (χ2n) is 10.2. The topological polar surface area (TPSA) is 127 Å². The number of halogens is 2. The number of nitrogens with one attached hydrogen (secondary N) is 3. The van der Waals surface area contributed by atoms with E-state index in [-0.39, 0.29) is 22.5 Å². The van der Waals surface area contributed by atoms with Gasteiger partial charge in [-0.3, -0.25) is 14.4 Å². The van der Waals surface area contributed by atoms with Crippen LogP contribution in [-0.2, 0) is 18.4 Å². The minimum atomic E-state index is -0.601. The number of rotatable bonds is 9. The van der Waals surface area contributed by atoms with Gasteiger partial charge in [-0.1, -0.05) is 53.5 Å². The number of carbonyl (C=O) groups is 2. The fourth-order valence-electron chi connectivity index (χ4n) is 5.04. The average molecular weight is 622 g/mol. The predicted molar refractivity (Wildman–Crippen MR) is 167 cm³/mol. The summed E-state index contributed by atoms with van der Waals surface area (Å²) < 4.78 is 6.74. The number of hydrogen-bond donors (Lipinski definition) is 3. The van der Waals surface area contributed by atoms with Crippen LogP contribution in [-0.4, -0.2) is 46.3 Å². The van der Waals surface area contributed by atoms with Crippen LogP contribution in [0.3, 0.4) is 0 Å². The standard InChI is InChI=1S/C31H30Cl2N6O4/c1-17-14-25(38-30(43-3)23(17)16-34-15-18-10-11-26(40)36-18)21-8-4-6-19(27(21)32)20-7-5-9-24(28(20)33)37-29(41)22-12-13-35-39(2)31(22)42/h4-9,12-14,18,34H,10-11,15-16H2,1-3H3,(H,36,40)(H,37,41). The third-order valence-electron chi connectivity index (χ3n) is 7.34. The highest BCUT2D eigenvalue weighted by molar-refractivity contribution is 6.39. The van der Waals surface area contributed by atoms with E-state index in [0.29, 0.717) is 58.5 Å². The van der Waals surface area contributed by atoms with E-state index >= 15 is 0 Å². The zero-order valence-corrected chi connectivity index (χ0v) is 25.3. The predicted octanol–water partition coefficient (Wildman–Crippen LogP) is 4.75. The Kier molecular flexibility index (Phi) is 9.10. The number of aryl methyl sites for hydroxylation is 2. The molecule has 3 N–H and O–H groups in total. The Labute approximate surface area is 258 Å². The van der Waals surface area contributed by atoms with Crippen LogP contribution in [0.1, 0.15) is 34.3 Å². The van der Waals surface area contributed by atoms with Crippen LogP contribution in [0.2, 0.25) is 10.0 Å². The van der Waals surface area contributed by atoms with E-state index in [1.54, 1.807) is 25.3 Å². The Hall–Kier alpha value is -4.25. The molecule has 0 spiro atoms. The average Bonchev–Trinajstić information content (AvgIpc) is 3.41. The van der Waals surface area contributed by atoms with Gasteiger partial charge in [-0.25, -0.2) is 9.67 Å². The van der Waals surface area contributed by atoms with Crippen molar-refractivity contribution in [1.82, 2.24) is 25.4 Å². The van der Waals surface area contributed by atoms with Gasteiger partial charge in [-0.2, -0.15) is 5.10 Å². The number of amides is 2. The minimum Gasteiger partial charge on any atom is -0.481 e. The first kappa shape index (κ1) is 30.2. The molecule has 1 saturated heterocycles. The van der Waals surface area contributed by atoms with Gasteiger partial charge in [0.1, 0.15) is 5.56 Å². The molecule has 1 fully saturated rings. The Balaban J connectivity index is 1.42. The third-order valence-corrected chi connectivity index (χ3v) is 8.16. The SMILES string of the molecule is COc1nc(-c2cccc(-c3cccc(NC(=O)c4ccnn(C)c4=O)c3Cl)c2Cl)cc(C)c1CNCC1CCC(=O)N1. The molecule has 2 aromatic heterocycles. The smallest absolute Gasteiger partial charge is 0.279 e. The molecule has 1 aliphatic rings. The van der Waals surface area contributed by atoms with Crippen molar-refractivity contribution in [2.24, 2.45) is 7.05 Å². The van der Waals surface area contributed by atoms with E-state index in [1.165, 1.54) is 19.3 Å². The van der Waals surface area contributed by atoms with Gasteiger partial charge in [0.05, 0.1) is 28.5 Å². The second-order valence-corrected chi connectivity index (χ2v) is 11.0. The maximum atomic E-state index is 12.9. The molecule has 1 unspecified atom stereocenters. The van der Waals surface area contributed by atoms with Gasteiger partial charge in [0.2, 0.25) is 11.8 Å². The number of methoxy groups -OCH3 is 1. The number of benzene rings is 2. The van der Waals surface area contributed by atoms with Crippen LogP contribution in [0.4, 0.5) is 5.69 Å². The lowest BCUT2D eigenvalue weighted by atomic mass is 9.99. The molecule has 2 amide bonds. The minimum absolute atomic E-state index is 0.0571. The molecule has 0 saturated carbocycles. The summed E-state index contributed by atoms with van der Waals surface area (Å²) in [5, 5.41) is 13.6. The number of ether oxygens (including phenoxy) is 1. The molecular formula is C31H30Cl2N6O4. The fourth-order valence-corrected chi connectivity index (χ4v) is 5.64. The number of pyridine rings is 1. The molecule has 1 aliphatic heterocycles. The first-order chi connectivity index (χ1) is 20.7. The van der Waals surface area contributed by atoms with Crippen LogP contribution in [0.5, 0.6) is 5.88 Å². The van der Waals surface area contributed by atoms with Crippen molar-refractivity contribution in [2.45, 2.75) is 32.4 Å². The van der Waals surface area contributed by atoms with Gasteiger partial charge < -0.3 is 20.7 Å². The molecule has 1 atom stereocenters. The molecule has 12 heteroatoms. The van der Waals surface area contributed by atoms with E-state index in [2.05, 4.69) is 21.0 Å². The zero-order valence-electron chi connectivity index (χ0n) is 23.8. The van der Waals surface area contributed by atoms with Gasteiger partial charge in [-0.05, 0) is 37.1 Å². The Bertz CT molecular complexity index is 1770. The molecule has 0 bridgehead atoms. The summed E-state index contributed by atoms with van der Waals surface area (Å²) in [6, 6.07) is 14.2. The van der Waals surface area contributed by atoms with Crippen molar-refractivity contribution in [3.05, 3.63) is 91.8 Å². The first-order valence-electron chi connectivity index (χ1n) is 13.6. The summed E-state index contributed by atoms with van der Waals surface area (Å²) >= 11 is 13.8. The van der Waals surface area contributed by atoms with Gasteiger partial charge >= 0.3 is 0 Å². The molecule has 5 rings (SSSR count). The van der Waals surface area contributed by atoms with Crippen LogP contribution in [0.15, 0.2) is 59.5 Å². The van der Waals surface area contributed by atoms with Gasteiger partial charge in [0.15, 0.2) is 0 Å². The molecule has 2 aromatic carbocycles. The monoisotopic (exact) mass is 620 g/mol. The van der Waals surface area contributed by atoms with E-state index in [0.717, 1.165) is 22.2 Å². The van der Waals surface area contributed by atoms with E-state index in [9.17, 15) is 14.4 Å². The molecule has 43 heavy (non-hydrogen) atoms. The van der Waals surface area contributed by atoms with E-state index in [1.807, 2.05) is 31.2 Å². The quantitative estimate of drug-likeness (QED) is 0.246. The van der Waals surface area contributed by atoms with Gasteiger partial charge in [0.25, 0.3) is 11.5 Å². The summed E-state index contributed by atoms with van der Waals surface area (Å²) in [5.74, 6) is -0.0406. The number of carbonyl (C=O) groups excluding carboxylic acids is 2. The lowest BCUT2D eigenvalue weighted by molar-refractivity contribution is -0.119. The van der Waals surface area contributed by atoms with Crippen molar-refractivity contribution in [3.8, 4) is 28.3 Å². The molecule has 3 heterocycles. The summed E-state index contributed by atoms with van der Waals surface area (Å²) in [5.41, 5.74) is 4.18. The van der Waals surface area contributed by atoms with Gasteiger partial charge in [-0.15, -0.1) is 0 Å². The van der Waals surface area contributed by atoms with Crippen molar-refractivity contribution in [2.75, 3.05) is 19.0 Å². The molecule has 0 radical (unpaired) electrons. The Morgan fingerprint density at radius 2 is 1.81 bits per heavy atom. The van der Waals surface area contributed by atoms with Crippen LogP contribution in [0, 0.1) is 6.92 Å². The Morgan fingerprint density at radius 3 is 2.53 bits per heavy atom. The molecule has 10 nitrogen and oxygen atoms in total. The molecule has 0 aliphatic carbocycles. The fraction of sp³-hybridized carbons (Fsp3) is 0.258. The number of aromatic nitrogens is 3. The largest absolute Gasteiger partial charge is 0.481 e. The van der Waals surface area contributed by atoms with Crippen molar-refractivity contribution >= 4 is 40.7 Å². The number of anilines is 1. The second kappa shape index (κ2) is 12.9. The summed E-state index contributed by atoms with van der Waals surface area (Å²) in [4.78, 5) is 41.5. The van der Waals surface area contributed by atoms with Crippen LogP contribution < -0.4 is 26.2 Å². The van der Waals surface area contributed by atoms with Crippen molar-refractivity contribution in [3.63, 3.8) is 0 Å². The first-order valence-corrected chi connectivity index (χ1v) is 14.4. The van der Waals surface area contributed by atoms with Gasteiger partial charge in [0, 0.05) is 61.1 Å².